The van der Waals surface area contributed by atoms with E-state index in [1.807, 2.05) is 0 Å². The van der Waals surface area contributed by atoms with Crippen LogP contribution in [0.2, 0.25) is 0 Å². The normalized spacial score (nSPS) is 11.9. The Morgan fingerprint density at radius 2 is 0.613 bits per heavy atom. The zero-order valence-corrected chi connectivity index (χ0v) is 40.4. The molecule has 0 fully saturated rings. The number of rotatable bonds is 6. The van der Waals surface area contributed by atoms with Crippen molar-refractivity contribution in [2.24, 2.45) is 0 Å². The Morgan fingerprint density at radius 1 is 0.160 bits per heavy atom. The third kappa shape index (κ3) is 6.24. The van der Waals surface area contributed by atoms with Gasteiger partial charge in [-0.05, 0) is 188 Å². The van der Waals surface area contributed by atoms with Gasteiger partial charge in [0.2, 0.25) is 0 Å². The van der Waals surface area contributed by atoms with Crippen molar-refractivity contribution < 1.29 is 0 Å². The van der Waals surface area contributed by atoms with E-state index in [4.69, 9.17) is 0 Å². The molecule has 0 aliphatic carbocycles. The number of hydrogen-bond acceptors (Lipinski definition) is 0. The highest BCUT2D eigenvalue weighted by Crippen LogP contribution is 2.58. The van der Waals surface area contributed by atoms with Gasteiger partial charge in [-0.2, -0.15) is 0 Å². The molecule has 0 aliphatic heterocycles. The molecule has 0 aromatic heterocycles. The van der Waals surface area contributed by atoms with Crippen molar-refractivity contribution >= 4 is 97.0 Å². The summed E-state index contributed by atoms with van der Waals surface area (Å²) in [7, 11) is 0. The fraction of sp³-hybridized carbons (Fsp3) is 0.0133. The Bertz CT molecular complexity index is 4910. The highest BCUT2D eigenvalue weighted by atomic mass is 14.3. The van der Waals surface area contributed by atoms with Crippen LogP contribution in [0, 0.1) is 0 Å². The molecular formula is C75H48. The van der Waals surface area contributed by atoms with Gasteiger partial charge in [0, 0.05) is 0 Å². The van der Waals surface area contributed by atoms with E-state index in [1.165, 1.54) is 164 Å². The van der Waals surface area contributed by atoms with Gasteiger partial charge in [0.05, 0.1) is 0 Å². The molecule has 16 aromatic carbocycles. The highest BCUT2D eigenvalue weighted by Gasteiger charge is 2.30. The summed E-state index contributed by atoms with van der Waals surface area (Å²) < 4.78 is 0. The maximum atomic E-state index is 2.57. The fourth-order valence-electron chi connectivity index (χ4n) is 13.3. The lowest BCUT2D eigenvalue weighted by atomic mass is 9.81. The molecular weight excluding hydrogens is 901 g/mol. The number of benzene rings is 14. The summed E-state index contributed by atoms with van der Waals surface area (Å²) in [5, 5.41) is 23.0. The maximum absolute atomic E-state index is 2.57. The molecule has 0 unspecified atom stereocenters. The minimum absolute atomic E-state index is 0. The molecule has 16 rings (SSSR count). The van der Waals surface area contributed by atoms with Gasteiger partial charge in [-0.15, -0.1) is 0 Å². The third-order valence-electron chi connectivity index (χ3n) is 16.3. The van der Waals surface area contributed by atoms with Crippen LogP contribution in [0.3, 0.4) is 0 Å². The summed E-state index contributed by atoms with van der Waals surface area (Å²) in [5.74, 6) is 0. The van der Waals surface area contributed by atoms with Crippen LogP contribution in [0.25, 0.3) is 164 Å². The van der Waals surface area contributed by atoms with E-state index in [0.717, 1.165) is 0 Å². The summed E-state index contributed by atoms with van der Waals surface area (Å²) in [6.45, 7) is 0. The van der Waals surface area contributed by atoms with Crippen molar-refractivity contribution in [3.8, 4) is 66.8 Å². The molecule has 16 aromatic rings. The lowest BCUT2D eigenvalue weighted by Crippen LogP contribution is -1.94. The summed E-state index contributed by atoms with van der Waals surface area (Å²) in [4.78, 5) is 0. The Kier molecular flexibility index (Phi) is 9.59. The minimum atomic E-state index is 0. The SMILES string of the molecule is C.c1ccc(-c2ccccc2-c2c3cc4c5ccccc5c5cccc(c3c(-c3ccccc3-c3ccccc3)c3c6cc7ccccc7c7c(-c8cc9ccccc9cc8-c8ccccc8)ccc(c23)c67)c54)cc1. The first kappa shape index (κ1) is 43.0. The van der Waals surface area contributed by atoms with Gasteiger partial charge >= 0.3 is 0 Å². The van der Waals surface area contributed by atoms with Crippen LogP contribution in [0.5, 0.6) is 0 Å². The Hall–Kier alpha value is -9.62. The van der Waals surface area contributed by atoms with Crippen LogP contribution >= 0.6 is 0 Å². The second-order valence-corrected chi connectivity index (χ2v) is 20.1. The second-order valence-electron chi connectivity index (χ2n) is 20.1. The van der Waals surface area contributed by atoms with E-state index < -0.39 is 0 Å². The molecule has 348 valence electrons. The fourth-order valence-corrected chi connectivity index (χ4v) is 13.3. The minimum Gasteiger partial charge on any atom is -0.0776 e. The first-order valence-corrected chi connectivity index (χ1v) is 25.8. The van der Waals surface area contributed by atoms with Gasteiger partial charge in [-0.1, -0.05) is 250 Å². The number of fused-ring (bicyclic) bond motifs is 11. The van der Waals surface area contributed by atoms with Crippen LogP contribution in [0.1, 0.15) is 7.43 Å². The quantitative estimate of drug-likeness (QED) is 0.146. The van der Waals surface area contributed by atoms with Gasteiger partial charge in [-0.3, -0.25) is 0 Å². The first-order valence-electron chi connectivity index (χ1n) is 25.8. The van der Waals surface area contributed by atoms with Gasteiger partial charge in [-0.25, -0.2) is 0 Å². The summed E-state index contributed by atoms with van der Waals surface area (Å²) in [5.41, 5.74) is 14.8. The molecule has 75 heavy (non-hydrogen) atoms. The van der Waals surface area contributed by atoms with Gasteiger partial charge in [0.1, 0.15) is 0 Å². The molecule has 0 amide bonds. The second kappa shape index (κ2) is 16.7. The molecule has 0 heteroatoms. The lowest BCUT2D eigenvalue weighted by molar-refractivity contribution is 1.61. The zero-order valence-electron chi connectivity index (χ0n) is 40.4. The van der Waals surface area contributed by atoms with E-state index in [1.54, 1.807) is 0 Å². The Balaban J connectivity index is 0.00000495. The van der Waals surface area contributed by atoms with Crippen molar-refractivity contribution in [1.29, 1.82) is 0 Å². The highest BCUT2D eigenvalue weighted by molar-refractivity contribution is 6.47. The van der Waals surface area contributed by atoms with E-state index in [-0.39, 0.29) is 7.43 Å². The summed E-state index contributed by atoms with van der Waals surface area (Å²) in [6.07, 6.45) is 0. The average Bonchev–Trinajstić information content (AvgIpc) is 3.98. The van der Waals surface area contributed by atoms with E-state index in [0.29, 0.717) is 0 Å². The zero-order chi connectivity index (χ0) is 48.4. The number of hydrogen-bond donors (Lipinski definition) is 0. The predicted octanol–water partition coefficient (Wildman–Crippen LogP) is 21.6. The molecule has 0 aliphatic rings. The lowest BCUT2D eigenvalue weighted by Gasteiger charge is -2.22. The Labute approximate surface area is 435 Å². The van der Waals surface area contributed by atoms with Crippen LogP contribution < -0.4 is 0 Å². The summed E-state index contributed by atoms with van der Waals surface area (Å²) >= 11 is 0. The van der Waals surface area contributed by atoms with Crippen molar-refractivity contribution in [1.82, 2.24) is 0 Å². The van der Waals surface area contributed by atoms with Crippen LogP contribution in [-0.4, -0.2) is 0 Å². The molecule has 0 saturated carbocycles. The smallest absolute Gasteiger partial charge is 0.000674 e. The van der Waals surface area contributed by atoms with E-state index in [9.17, 15) is 0 Å². The van der Waals surface area contributed by atoms with Crippen LogP contribution in [0.15, 0.2) is 267 Å². The van der Waals surface area contributed by atoms with Gasteiger partial charge in [0.15, 0.2) is 0 Å². The van der Waals surface area contributed by atoms with Crippen LogP contribution in [-0.2, 0) is 0 Å². The average molecular weight is 949 g/mol. The molecule has 0 heterocycles. The van der Waals surface area contributed by atoms with Crippen molar-refractivity contribution in [3.05, 3.63) is 267 Å². The van der Waals surface area contributed by atoms with E-state index in [2.05, 4.69) is 267 Å². The van der Waals surface area contributed by atoms with E-state index >= 15 is 0 Å². The predicted molar refractivity (Wildman–Crippen MR) is 326 cm³/mol. The Morgan fingerprint density at radius 3 is 1.25 bits per heavy atom. The molecule has 0 N–H and O–H groups in total. The van der Waals surface area contributed by atoms with Crippen molar-refractivity contribution in [2.75, 3.05) is 0 Å². The van der Waals surface area contributed by atoms with Gasteiger partial charge < -0.3 is 0 Å². The molecule has 0 spiro atoms. The first-order chi connectivity index (χ1) is 36.8. The van der Waals surface area contributed by atoms with Crippen LogP contribution in [0.4, 0.5) is 0 Å². The largest absolute Gasteiger partial charge is 0.0776 e. The topological polar surface area (TPSA) is 0 Å². The molecule has 0 radical (unpaired) electrons. The molecule has 0 saturated heterocycles. The standard InChI is InChI=1S/C74H44.CH4/c1-4-21-45(22-5-1)51-30-14-18-35-56(51)69-66-44-64-55-34-17-16-33-54(55)58-37-20-38-60(67(58)64)71(66)72(57-36-19-15-31-52(57)46-23-6-2-7-24-46)74-65-43-50-29-12-13-32-53(50)68-59(39-40-61(70(65)68)73(69)74)63-42-49-28-11-10-27-48(49)41-62(63)47-25-8-3-9-26-47;/h1-44H;1H4. The third-order valence-corrected chi connectivity index (χ3v) is 16.3. The molecule has 0 bridgehead atoms. The van der Waals surface area contributed by atoms with Crippen molar-refractivity contribution in [2.45, 2.75) is 7.43 Å². The maximum Gasteiger partial charge on any atom is -0.000674 e. The van der Waals surface area contributed by atoms with Gasteiger partial charge in [0.25, 0.3) is 0 Å². The monoisotopic (exact) mass is 948 g/mol. The van der Waals surface area contributed by atoms with Crippen molar-refractivity contribution in [3.63, 3.8) is 0 Å². The summed E-state index contributed by atoms with van der Waals surface area (Å²) in [6, 6.07) is 100. The molecule has 0 atom stereocenters. The molecule has 0 nitrogen and oxygen atoms in total.